The fourth-order valence-electron chi connectivity index (χ4n) is 3.48. The Morgan fingerprint density at radius 1 is 1.04 bits per heavy atom. The molecule has 28 heavy (non-hydrogen) atoms. The number of hydrogen-bond acceptors (Lipinski definition) is 7. The van der Waals surface area contributed by atoms with Crippen LogP contribution in [0.2, 0.25) is 5.02 Å². The molecule has 0 aliphatic carbocycles. The second-order valence-electron chi connectivity index (χ2n) is 7.39. The number of aliphatic hydroxyl groups is 1. The number of phenols is 2. The van der Waals surface area contributed by atoms with Crippen LogP contribution in [0.1, 0.15) is 61.9 Å². The van der Waals surface area contributed by atoms with Crippen molar-refractivity contribution in [1.82, 2.24) is 0 Å². The Labute approximate surface area is 168 Å². The number of halogens is 1. The van der Waals surface area contributed by atoms with Gasteiger partial charge >= 0.3 is 5.97 Å². The van der Waals surface area contributed by atoms with E-state index in [0.29, 0.717) is 19.3 Å². The number of hydrogen-bond donors (Lipinski definition) is 3. The minimum Gasteiger partial charge on any atom is -0.507 e. The van der Waals surface area contributed by atoms with Gasteiger partial charge in [0, 0.05) is 12.5 Å². The molecular formula is C20H25ClO7. The number of ether oxygens (including phenoxy) is 1. The molecule has 0 saturated heterocycles. The van der Waals surface area contributed by atoms with Gasteiger partial charge in [-0.3, -0.25) is 9.59 Å². The fraction of sp³-hybridized carbons (Fsp3) is 0.550. The summed E-state index contributed by atoms with van der Waals surface area (Å²) in [6.07, 6.45) is -0.633. The van der Waals surface area contributed by atoms with Gasteiger partial charge < -0.3 is 20.1 Å². The number of Topliss-reactive ketones (excluding diaryl/α,β-unsaturated/α-hetero) is 2. The average Bonchev–Trinajstić information content (AvgIpc) is 2.60. The fourth-order valence-corrected chi connectivity index (χ4v) is 3.73. The molecule has 0 amide bonds. The second kappa shape index (κ2) is 9.39. The van der Waals surface area contributed by atoms with Crippen LogP contribution < -0.4 is 0 Å². The number of fused-ring (bicyclic) bond motifs is 1. The van der Waals surface area contributed by atoms with Gasteiger partial charge in [0.2, 0.25) is 11.6 Å². The van der Waals surface area contributed by atoms with Crippen LogP contribution in [0.4, 0.5) is 0 Å². The summed E-state index contributed by atoms with van der Waals surface area (Å²) in [6.45, 7) is 3.44. The third-order valence-electron chi connectivity index (χ3n) is 4.85. The normalized spacial score (nSPS) is 25.4. The molecule has 0 fully saturated rings. The highest BCUT2D eigenvalue weighted by atomic mass is 35.5. The first-order valence-electron chi connectivity index (χ1n) is 9.31. The van der Waals surface area contributed by atoms with Crippen LogP contribution in [-0.2, 0) is 20.7 Å². The van der Waals surface area contributed by atoms with Gasteiger partial charge in [-0.25, -0.2) is 4.79 Å². The number of carbonyl (C=O) groups is 3. The van der Waals surface area contributed by atoms with Gasteiger partial charge in [0.15, 0.2) is 0 Å². The van der Waals surface area contributed by atoms with Crippen molar-refractivity contribution in [3.63, 3.8) is 0 Å². The number of carbonyl (C=O) groups excluding carboxylic acids is 3. The molecule has 0 spiro atoms. The molecule has 8 heteroatoms. The Kier molecular flexibility index (Phi) is 7.43. The maximum absolute atomic E-state index is 12.6. The Balaban J connectivity index is 2.37. The van der Waals surface area contributed by atoms with E-state index in [9.17, 15) is 29.7 Å². The zero-order valence-corrected chi connectivity index (χ0v) is 16.7. The number of ketones is 2. The van der Waals surface area contributed by atoms with Crippen LogP contribution in [0.25, 0.3) is 0 Å². The summed E-state index contributed by atoms with van der Waals surface area (Å²) in [4.78, 5) is 36.7. The van der Waals surface area contributed by atoms with Crippen LogP contribution in [0.15, 0.2) is 6.07 Å². The van der Waals surface area contributed by atoms with Crippen molar-refractivity contribution in [2.24, 2.45) is 5.92 Å². The van der Waals surface area contributed by atoms with Gasteiger partial charge in [0.1, 0.15) is 23.2 Å². The molecular weight excluding hydrogens is 388 g/mol. The lowest BCUT2D eigenvalue weighted by Gasteiger charge is -2.20. The molecule has 3 N–H and O–H groups in total. The van der Waals surface area contributed by atoms with Crippen molar-refractivity contribution in [1.29, 1.82) is 0 Å². The molecule has 154 valence electrons. The van der Waals surface area contributed by atoms with Crippen LogP contribution in [0.5, 0.6) is 11.5 Å². The zero-order chi connectivity index (χ0) is 21.0. The van der Waals surface area contributed by atoms with E-state index in [2.05, 4.69) is 0 Å². The van der Waals surface area contributed by atoms with E-state index in [0.717, 1.165) is 6.07 Å². The molecule has 1 aliphatic heterocycles. The van der Waals surface area contributed by atoms with Gasteiger partial charge in [0.25, 0.3) is 0 Å². The number of phenolic OH excluding ortho intramolecular Hbond substituents is 2. The number of aromatic hydroxyl groups is 2. The number of aliphatic hydroxyl groups excluding tert-OH is 1. The first kappa shape index (κ1) is 22.2. The van der Waals surface area contributed by atoms with Crippen molar-refractivity contribution >= 4 is 29.1 Å². The van der Waals surface area contributed by atoms with Crippen molar-refractivity contribution < 1.29 is 34.4 Å². The highest BCUT2D eigenvalue weighted by Gasteiger charge is 2.28. The van der Waals surface area contributed by atoms with E-state index in [1.54, 1.807) is 13.8 Å². The first-order chi connectivity index (χ1) is 13.1. The number of benzene rings is 1. The molecule has 7 nitrogen and oxygen atoms in total. The summed E-state index contributed by atoms with van der Waals surface area (Å²) in [7, 11) is 0. The number of esters is 1. The molecule has 1 aromatic rings. The van der Waals surface area contributed by atoms with E-state index >= 15 is 0 Å². The van der Waals surface area contributed by atoms with Crippen LogP contribution in [-0.4, -0.2) is 45.1 Å². The van der Waals surface area contributed by atoms with Gasteiger partial charge in [-0.1, -0.05) is 18.5 Å². The van der Waals surface area contributed by atoms with Gasteiger partial charge in [-0.05, 0) is 50.5 Å². The summed E-state index contributed by atoms with van der Waals surface area (Å²) in [5.41, 5.74) is 0.123. The topological polar surface area (TPSA) is 121 Å². The highest BCUT2D eigenvalue weighted by Crippen LogP contribution is 2.37. The largest absolute Gasteiger partial charge is 0.507 e. The van der Waals surface area contributed by atoms with Crippen LogP contribution in [0.3, 0.4) is 0 Å². The predicted molar refractivity (Wildman–Crippen MR) is 102 cm³/mol. The molecule has 1 heterocycles. The smallest absolute Gasteiger partial charge is 0.342 e. The zero-order valence-electron chi connectivity index (χ0n) is 15.9. The Morgan fingerprint density at radius 3 is 2.36 bits per heavy atom. The summed E-state index contributed by atoms with van der Waals surface area (Å²) < 4.78 is 5.41. The van der Waals surface area contributed by atoms with Crippen molar-refractivity contribution in [2.45, 2.75) is 64.6 Å². The van der Waals surface area contributed by atoms with Crippen molar-refractivity contribution in [3.8, 4) is 11.5 Å². The van der Waals surface area contributed by atoms with Crippen LogP contribution >= 0.6 is 11.6 Å². The lowest BCUT2D eigenvalue weighted by Crippen LogP contribution is -2.30. The summed E-state index contributed by atoms with van der Waals surface area (Å²) in [5, 5.41) is 30.0. The molecule has 1 aromatic carbocycles. The molecule has 2 rings (SSSR count). The molecule has 0 aromatic heterocycles. The van der Waals surface area contributed by atoms with E-state index in [1.165, 1.54) is 0 Å². The molecule has 0 radical (unpaired) electrons. The van der Waals surface area contributed by atoms with E-state index in [4.69, 9.17) is 16.3 Å². The Morgan fingerprint density at radius 2 is 1.68 bits per heavy atom. The highest BCUT2D eigenvalue weighted by molar-refractivity contribution is 6.38. The Bertz CT molecular complexity index is 774. The maximum Gasteiger partial charge on any atom is 0.342 e. The predicted octanol–water partition coefficient (Wildman–Crippen LogP) is 2.94. The van der Waals surface area contributed by atoms with Crippen molar-refractivity contribution in [3.05, 3.63) is 22.2 Å². The lowest BCUT2D eigenvalue weighted by molar-refractivity contribution is -0.142. The maximum atomic E-state index is 12.6. The summed E-state index contributed by atoms with van der Waals surface area (Å²) >= 11 is 6.13. The standard InChI is InChI=1S/C20H25ClO7/c1-10-7-11(2)28-20(27)17-12(18(21)15(24)9-14(17)23)5-3-4-6-13(22)19(26)16(25)8-10/h9-11,16,23-25H,3-8H2,1-2H3/t10?,11-,16?/m0/s1. The minimum atomic E-state index is -1.37. The summed E-state index contributed by atoms with van der Waals surface area (Å²) in [6, 6.07) is 0.989. The van der Waals surface area contributed by atoms with E-state index in [-0.39, 0.29) is 47.1 Å². The molecule has 3 atom stereocenters. The number of rotatable bonds is 0. The van der Waals surface area contributed by atoms with Gasteiger partial charge in [-0.2, -0.15) is 0 Å². The van der Waals surface area contributed by atoms with Gasteiger partial charge in [0.05, 0.1) is 11.1 Å². The van der Waals surface area contributed by atoms with E-state index in [1.807, 2.05) is 0 Å². The molecule has 1 aliphatic rings. The third-order valence-corrected chi connectivity index (χ3v) is 5.27. The monoisotopic (exact) mass is 412 g/mol. The first-order valence-corrected chi connectivity index (χ1v) is 9.69. The Hall–Kier alpha value is -2.12. The van der Waals surface area contributed by atoms with Crippen LogP contribution in [0, 0.1) is 5.92 Å². The summed E-state index contributed by atoms with van der Waals surface area (Å²) in [5.74, 6) is -3.19. The third kappa shape index (κ3) is 5.23. The molecule has 2 unspecified atom stereocenters. The molecule has 0 saturated carbocycles. The SMILES string of the molecule is CC1CC(O)C(=O)C(=O)CCCCc2c(Cl)c(O)cc(O)c2C(=O)O[C@@H](C)C1. The average molecular weight is 413 g/mol. The quantitative estimate of drug-likeness (QED) is 0.442. The van der Waals surface area contributed by atoms with Crippen molar-refractivity contribution in [2.75, 3.05) is 0 Å². The van der Waals surface area contributed by atoms with E-state index < -0.39 is 35.5 Å². The molecule has 0 bridgehead atoms. The second-order valence-corrected chi connectivity index (χ2v) is 7.76. The lowest BCUT2D eigenvalue weighted by atomic mass is 9.93. The minimum absolute atomic E-state index is 0.0388. The number of cyclic esters (lactones) is 1. The van der Waals surface area contributed by atoms with Gasteiger partial charge in [-0.15, -0.1) is 0 Å².